The number of carboxylic acids is 1. The van der Waals surface area contributed by atoms with Crippen LogP contribution < -0.4 is 15.4 Å². The number of aliphatic carboxylic acids is 1. The molecule has 6 nitrogen and oxygen atoms in total. The van der Waals surface area contributed by atoms with Crippen molar-refractivity contribution in [2.24, 2.45) is 0 Å². The highest BCUT2D eigenvalue weighted by Crippen LogP contribution is 2.26. The van der Waals surface area contributed by atoms with E-state index in [1.807, 2.05) is 43.3 Å². The third kappa shape index (κ3) is 6.83. The van der Waals surface area contributed by atoms with Crippen LogP contribution in [0.25, 0.3) is 0 Å². The van der Waals surface area contributed by atoms with Crippen molar-refractivity contribution < 1.29 is 19.4 Å². The van der Waals surface area contributed by atoms with E-state index in [1.165, 1.54) is 0 Å². The molecule has 0 spiro atoms. The first-order valence-corrected chi connectivity index (χ1v) is 9.11. The zero-order chi connectivity index (χ0) is 19.6. The zero-order valence-corrected chi connectivity index (χ0v) is 15.8. The molecule has 27 heavy (non-hydrogen) atoms. The fourth-order valence-corrected chi connectivity index (χ4v) is 2.79. The lowest BCUT2D eigenvalue weighted by atomic mass is 9.98. The fraction of sp³-hybridized carbons (Fsp3) is 0.300. The third-order valence-corrected chi connectivity index (χ3v) is 4.07. The van der Waals surface area contributed by atoms with Crippen molar-refractivity contribution in [2.75, 3.05) is 13.2 Å². The Morgan fingerprint density at radius 1 is 1.15 bits per heavy atom. The van der Waals surface area contributed by atoms with E-state index < -0.39 is 12.0 Å². The Kier molecular flexibility index (Phi) is 7.95. The second kappa shape index (κ2) is 10.4. The van der Waals surface area contributed by atoms with Gasteiger partial charge in [-0.15, -0.1) is 0 Å². The standard InChI is InChI=1S/C20H23ClN2O4/c1-2-27-17-10-8-14(9-11-17)19(15-5-3-6-16(21)13-15)23-20(26)22-12-4-7-18(24)25/h3,5-6,8-11,13,19H,2,4,7,12H2,1H3,(H,24,25)(H2,22,23,26). The molecule has 0 aliphatic carbocycles. The summed E-state index contributed by atoms with van der Waals surface area (Å²) in [5.41, 5.74) is 1.72. The molecule has 0 bridgehead atoms. The smallest absolute Gasteiger partial charge is 0.315 e. The summed E-state index contributed by atoms with van der Waals surface area (Å²) in [6.45, 7) is 2.77. The van der Waals surface area contributed by atoms with Gasteiger partial charge in [-0.2, -0.15) is 0 Å². The number of carboxylic acid groups (broad SMARTS) is 1. The van der Waals surface area contributed by atoms with Gasteiger partial charge in [-0.3, -0.25) is 4.79 Å². The van der Waals surface area contributed by atoms with E-state index in [9.17, 15) is 9.59 Å². The molecule has 0 fully saturated rings. The maximum atomic E-state index is 12.3. The third-order valence-electron chi connectivity index (χ3n) is 3.83. The lowest BCUT2D eigenvalue weighted by Gasteiger charge is -2.21. The predicted octanol–water partition coefficient (Wildman–Crippen LogP) is 3.99. The molecule has 0 heterocycles. The Balaban J connectivity index is 2.12. The van der Waals surface area contributed by atoms with Crippen LogP contribution in [0.2, 0.25) is 5.02 Å². The minimum Gasteiger partial charge on any atom is -0.494 e. The van der Waals surface area contributed by atoms with Gasteiger partial charge in [0.05, 0.1) is 12.6 Å². The molecule has 0 aromatic heterocycles. The number of halogens is 1. The average molecular weight is 391 g/mol. The first kappa shape index (κ1) is 20.6. The number of carbonyl (C=O) groups is 2. The number of nitrogens with one attached hydrogen (secondary N) is 2. The van der Waals surface area contributed by atoms with Gasteiger partial charge in [0.2, 0.25) is 0 Å². The molecule has 0 saturated heterocycles. The Morgan fingerprint density at radius 2 is 1.89 bits per heavy atom. The molecule has 7 heteroatoms. The fourth-order valence-electron chi connectivity index (χ4n) is 2.59. The number of carbonyl (C=O) groups excluding carboxylic acids is 1. The van der Waals surface area contributed by atoms with E-state index in [4.69, 9.17) is 21.4 Å². The molecule has 144 valence electrons. The van der Waals surface area contributed by atoms with Crippen molar-refractivity contribution in [3.63, 3.8) is 0 Å². The van der Waals surface area contributed by atoms with Crippen LogP contribution in [0, 0.1) is 0 Å². The lowest BCUT2D eigenvalue weighted by molar-refractivity contribution is -0.137. The maximum Gasteiger partial charge on any atom is 0.315 e. The van der Waals surface area contributed by atoms with Crippen LogP contribution in [0.3, 0.4) is 0 Å². The molecule has 3 N–H and O–H groups in total. The summed E-state index contributed by atoms with van der Waals surface area (Å²) in [4.78, 5) is 22.8. The topological polar surface area (TPSA) is 87.7 Å². The molecule has 2 aromatic rings. The van der Waals surface area contributed by atoms with Gasteiger partial charge in [0, 0.05) is 18.0 Å². The van der Waals surface area contributed by atoms with Crippen molar-refractivity contribution in [1.29, 1.82) is 0 Å². The van der Waals surface area contributed by atoms with E-state index >= 15 is 0 Å². The van der Waals surface area contributed by atoms with Crippen molar-refractivity contribution in [3.8, 4) is 5.75 Å². The summed E-state index contributed by atoms with van der Waals surface area (Å²) < 4.78 is 5.46. The van der Waals surface area contributed by atoms with Crippen LogP contribution in [-0.4, -0.2) is 30.3 Å². The van der Waals surface area contributed by atoms with Crippen LogP contribution >= 0.6 is 11.6 Å². The lowest BCUT2D eigenvalue weighted by Crippen LogP contribution is -2.38. The van der Waals surface area contributed by atoms with E-state index in [2.05, 4.69) is 10.6 Å². The maximum absolute atomic E-state index is 12.3. The van der Waals surface area contributed by atoms with Gasteiger partial charge in [-0.25, -0.2) is 4.79 Å². The van der Waals surface area contributed by atoms with Gasteiger partial charge in [0.15, 0.2) is 0 Å². The van der Waals surface area contributed by atoms with Gasteiger partial charge < -0.3 is 20.5 Å². The summed E-state index contributed by atoms with van der Waals surface area (Å²) in [5, 5.41) is 14.8. The monoisotopic (exact) mass is 390 g/mol. The van der Waals surface area contributed by atoms with Crippen LogP contribution in [0.15, 0.2) is 48.5 Å². The highest BCUT2D eigenvalue weighted by atomic mass is 35.5. The highest BCUT2D eigenvalue weighted by molar-refractivity contribution is 6.30. The van der Waals surface area contributed by atoms with Crippen LogP contribution in [0.4, 0.5) is 4.79 Å². The van der Waals surface area contributed by atoms with E-state index in [0.717, 1.165) is 16.9 Å². The zero-order valence-electron chi connectivity index (χ0n) is 15.1. The molecule has 0 radical (unpaired) electrons. The number of hydrogen-bond donors (Lipinski definition) is 3. The Bertz CT molecular complexity index is 765. The summed E-state index contributed by atoms with van der Waals surface area (Å²) in [7, 11) is 0. The quantitative estimate of drug-likeness (QED) is 0.565. The van der Waals surface area contributed by atoms with E-state index in [0.29, 0.717) is 18.1 Å². The van der Waals surface area contributed by atoms with Crippen molar-refractivity contribution >= 4 is 23.6 Å². The summed E-state index contributed by atoms with van der Waals surface area (Å²) in [6.07, 6.45) is 0.379. The second-order valence-electron chi connectivity index (χ2n) is 5.89. The van der Waals surface area contributed by atoms with Crippen molar-refractivity contribution in [1.82, 2.24) is 10.6 Å². The van der Waals surface area contributed by atoms with Crippen molar-refractivity contribution in [3.05, 3.63) is 64.7 Å². The van der Waals surface area contributed by atoms with Crippen LogP contribution in [-0.2, 0) is 4.79 Å². The predicted molar refractivity (Wildman–Crippen MR) is 104 cm³/mol. The Morgan fingerprint density at radius 3 is 2.52 bits per heavy atom. The molecular formula is C20H23ClN2O4. The van der Waals surface area contributed by atoms with Gasteiger partial charge in [0.1, 0.15) is 5.75 Å². The van der Waals surface area contributed by atoms with Gasteiger partial charge in [0.25, 0.3) is 0 Å². The SMILES string of the molecule is CCOc1ccc(C(NC(=O)NCCCC(=O)O)c2cccc(Cl)c2)cc1. The minimum absolute atomic E-state index is 0.0108. The largest absolute Gasteiger partial charge is 0.494 e. The van der Waals surface area contributed by atoms with Gasteiger partial charge in [-0.05, 0) is 48.7 Å². The van der Waals surface area contributed by atoms with Crippen LogP contribution in [0.5, 0.6) is 5.75 Å². The highest BCUT2D eigenvalue weighted by Gasteiger charge is 2.17. The van der Waals surface area contributed by atoms with E-state index in [1.54, 1.807) is 12.1 Å². The molecule has 0 aliphatic rings. The number of urea groups is 1. The number of rotatable bonds is 9. The Labute approximate surface area is 163 Å². The molecule has 2 aromatic carbocycles. The number of hydrogen-bond acceptors (Lipinski definition) is 3. The molecule has 1 atom stereocenters. The molecule has 2 amide bonds. The molecule has 2 rings (SSSR count). The first-order chi connectivity index (χ1) is 13.0. The van der Waals surface area contributed by atoms with Gasteiger partial charge >= 0.3 is 12.0 Å². The first-order valence-electron chi connectivity index (χ1n) is 8.74. The minimum atomic E-state index is -0.886. The average Bonchev–Trinajstić information content (AvgIpc) is 2.64. The summed E-state index contributed by atoms with van der Waals surface area (Å²) in [5.74, 6) is -0.132. The molecule has 1 unspecified atom stereocenters. The van der Waals surface area contributed by atoms with E-state index in [-0.39, 0.29) is 19.0 Å². The normalized spacial score (nSPS) is 11.5. The molecule has 0 aliphatic heterocycles. The number of benzene rings is 2. The summed E-state index contributed by atoms with van der Waals surface area (Å²) in [6, 6.07) is 14.0. The number of amides is 2. The van der Waals surface area contributed by atoms with Crippen molar-refractivity contribution in [2.45, 2.75) is 25.8 Å². The number of ether oxygens (including phenoxy) is 1. The van der Waals surface area contributed by atoms with Gasteiger partial charge in [-0.1, -0.05) is 35.9 Å². The molecular weight excluding hydrogens is 368 g/mol. The molecule has 0 saturated carbocycles. The second-order valence-corrected chi connectivity index (χ2v) is 6.32. The van der Waals surface area contributed by atoms with Crippen LogP contribution in [0.1, 0.15) is 36.9 Å². The summed E-state index contributed by atoms with van der Waals surface area (Å²) >= 11 is 6.11. The Hall–Kier alpha value is -2.73.